The fraction of sp³-hybridized carbons (Fsp3) is 0.267. The lowest BCUT2D eigenvalue weighted by molar-refractivity contribution is 0.324. The van der Waals surface area contributed by atoms with Crippen molar-refractivity contribution in [3.05, 3.63) is 39.8 Å². The van der Waals surface area contributed by atoms with Crippen molar-refractivity contribution in [3.63, 3.8) is 0 Å². The Morgan fingerprint density at radius 3 is 2.52 bits per heavy atom. The minimum Gasteiger partial charge on any atom is -0.493 e. The molecule has 0 fully saturated rings. The zero-order valence-corrected chi connectivity index (χ0v) is 13.3. The molecule has 1 aromatic heterocycles. The topological polar surface area (TPSA) is 97.8 Å². The van der Waals surface area contributed by atoms with Crippen LogP contribution in [0.1, 0.15) is 11.3 Å². The van der Waals surface area contributed by atoms with Crippen LogP contribution >= 0.6 is 0 Å². The Labute approximate surface area is 133 Å². The van der Waals surface area contributed by atoms with Crippen molar-refractivity contribution in [1.29, 1.82) is 0 Å². The van der Waals surface area contributed by atoms with E-state index in [-0.39, 0.29) is 11.5 Å². The quantitative estimate of drug-likeness (QED) is 0.619. The Morgan fingerprint density at radius 2 is 1.91 bits per heavy atom. The molecule has 23 heavy (non-hydrogen) atoms. The second kappa shape index (κ2) is 7.30. The molecule has 8 nitrogen and oxygen atoms in total. The van der Waals surface area contributed by atoms with E-state index in [4.69, 9.17) is 14.2 Å². The molecule has 0 saturated carbocycles. The molecule has 0 atom stereocenters. The number of hydrazone groups is 1. The summed E-state index contributed by atoms with van der Waals surface area (Å²) in [5.74, 6) is 1.77. The van der Waals surface area contributed by atoms with Crippen molar-refractivity contribution in [2.45, 2.75) is 6.92 Å². The summed E-state index contributed by atoms with van der Waals surface area (Å²) in [5.41, 5.74) is 3.68. The number of H-pyrrole nitrogens is 1. The number of hydrogen-bond donors (Lipinski definition) is 2. The number of aryl methyl sites for hydroxylation is 1. The predicted octanol–water partition coefficient (Wildman–Crippen LogP) is 1.55. The van der Waals surface area contributed by atoms with Gasteiger partial charge >= 0.3 is 0 Å². The number of nitrogens with zero attached hydrogens (tertiary/aromatic N) is 2. The molecule has 0 spiro atoms. The third-order valence-electron chi connectivity index (χ3n) is 2.98. The molecule has 0 radical (unpaired) electrons. The molecule has 0 unspecified atom stereocenters. The molecule has 0 saturated heterocycles. The number of ether oxygens (including phenoxy) is 3. The monoisotopic (exact) mass is 318 g/mol. The Hall–Kier alpha value is -3.03. The van der Waals surface area contributed by atoms with Crippen molar-refractivity contribution in [3.8, 4) is 17.2 Å². The molecule has 8 heteroatoms. The van der Waals surface area contributed by atoms with Crippen LogP contribution in [0.15, 0.2) is 28.1 Å². The summed E-state index contributed by atoms with van der Waals surface area (Å²) in [4.78, 5) is 18.0. The first-order valence-corrected chi connectivity index (χ1v) is 6.75. The molecule has 0 aliphatic carbocycles. The minimum atomic E-state index is -0.251. The molecule has 1 aromatic carbocycles. The van der Waals surface area contributed by atoms with Gasteiger partial charge < -0.3 is 14.2 Å². The third kappa shape index (κ3) is 3.79. The van der Waals surface area contributed by atoms with Crippen LogP contribution in [0.4, 0.5) is 5.95 Å². The molecule has 0 amide bonds. The first-order valence-electron chi connectivity index (χ1n) is 6.75. The van der Waals surface area contributed by atoms with Gasteiger partial charge in [0.05, 0.1) is 27.5 Å². The molecule has 1 heterocycles. The molecule has 2 N–H and O–H groups in total. The highest BCUT2D eigenvalue weighted by molar-refractivity contribution is 5.86. The van der Waals surface area contributed by atoms with Gasteiger partial charge in [0.1, 0.15) is 0 Å². The van der Waals surface area contributed by atoms with E-state index in [1.165, 1.54) is 26.5 Å². The molecule has 0 bridgehead atoms. The average molecular weight is 318 g/mol. The Balaban J connectivity index is 2.27. The minimum absolute atomic E-state index is 0.251. The van der Waals surface area contributed by atoms with E-state index in [0.717, 1.165) is 0 Å². The van der Waals surface area contributed by atoms with Crippen LogP contribution in [0.2, 0.25) is 0 Å². The van der Waals surface area contributed by atoms with E-state index in [2.05, 4.69) is 20.5 Å². The van der Waals surface area contributed by atoms with Crippen molar-refractivity contribution in [2.75, 3.05) is 26.8 Å². The second-order valence-electron chi connectivity index (χ2n) is 4.53. The number of aromatic amines is 1. The normalized spacial score (nSPS) is 10.6. The van der Waals surface area contributed by atoms with E-state index >= 15 is 0 Å². The van der Waals surface area contributed by atoms with Gasteiger partial charge in [0.25, 0.3) is 5.56 Å². The summed E-state index contributed by atoms with van der Waals surface area (Å²) in [5, 5.41) is 4.05. The van der Waals surface area contributed by atoms with Gasteiger partial charge in [-0.05, 0) is 19.1 Å². The molecule has 2 aromatic rings. The molecular weight excluding hydrogens is 300 g/mol. The summed E-state index contributed by atoms with van der Waals surface area (Å²) in [7, 11) is 4.61. The third-order valence-corrected chi connectivity index (χ3v) is 2.98. The van der Waals surface area contributed by atoms with Crippen LogP contribution in [-0.4, -0.2) is 37.5 Å². The van der Waals surface area contributed by atoms with E-state index in [1.54, 1.807) is 26.2 Å². The zero-order chi connectivity index (χ0) is 16.8. The average Bonchev–Trinajstić information content (AvgIpc) is 2.53. The summed E-state index contributed by atoms with van der Waals surface area (Å²) >= 11 is 0. The number of hydrogen-bond acceptors (Lipinski definition) is 7. The van der Waals surface area contributed by atoms with E-state index in [0.29, 0.717) is 28.5 Å². The lowest BCUT2D eigenvalue weighted by atomic mass is 10.2. The first kappa shape index (κ1) is 16.3. The molecule has 122 valence electrons. The Bertz CT molecular complexity index is 771. The van der Waals surface area contributed by atoms with Gasteiger partial charge in [-0.15, -0.1) is 0 Å². The molecule has 0 aliphatic heterocycles. The van der Waals surface area contributed by atoms with Crippen LogP contribution in [0.5, 0.6) is 17.2 Å². The lowest BCUT2D eigenvalue weighted by Gasteiger charge is -2.13. The van der Waals surface area contributed by atoms with Crippen LogP contribution in [0, 0.1) is 6.92 Å². The van der Waals surface area contributed by atoms with Crippen LogP contribution in [0.3, 0.4) is 0 Å². The SMILES string of the molecule is COc1ccc(C=NNc2nc(C)cc(=O)[nH]2)c(OC)c1OC. The maximum absolute atomic E-state index is 11.4. The molecule has 0 aliphatic rings. The van der Waals surface area contributed by atoms with Crippen LogP contribution < -0.4 is 25.2 Å². The van der Waals surface area contributed by atoms with Crippen molar-refractivity contribution in [1.82, 2.24) is 9.97 Å². The van der Waals surface area contributed by atoms with Gasteiger partial charge in [-0.1, -0.05) is 0 Å². The molecule has 2 rings (SSSR count). The van der Waals surface area contributed by atoms with E-state index < -0.39 is 0 Å². The lowest BCUT2D eigenvalue weighted by Crippen LogP contribution is -2.10. The van der Waals surface area contributed by atoms with Crippen molar-refractivity contribution >= 4 is 12.2 Å². The predicted molar refractivity (Wildman–Crippen MR) is 86.9 cm³/mol. The maximum Gasteiger partial charge on any atom is 0.252 e. The van der Waals surface area contributed by atoms with Crippen molar-refractivity contribution < 1.29 is 14.2 Å². The Kier molecular flexibility index (Phi) is 5.19. The highest BCUT2D eigenvalue weighted by atomic mass is 16.5. The highest BCUT2D eigenvalue weighted by Crippen LogP contribution is 2.38. The van der Waals surface area contributed by atoms with Gasteiger partial charge in [-0.25, -0.2) is 10.4 Å². The van der Waals surface area contributed by atoms with Crippen LogP contribution in [-0.2, 0) is 0 Å². The number of aromatic nitrogens is 2. The van der Waals surface area contributed by atoms with E-state index in [9.17, 15) is 4.79 Å². The fourth-order valence-corrected chi connectivity index (χ4v) is 2.02. The number of rotatable bonds is 6. The van der Waals surface area contributed by atoms with Gasteiger partial charge in [0, 0.05) is 17.3 Å². The molecular formula is C15H18N4O4. The summed E-state index contributed by atoms with van der Waals surface area (Å²) in [6.07, 6.45) is 1.53. The fourth-order valence-electron chi connectivity index (χ4n) is 2.02. The van der Waals surface area contributed by atoms with Gasteiger partial charge in [-0.2, -0.15) is 5.10 Å². The maximum atomic E-state index is 11.4. The zero-order valence-electron chi connectivity index (χ0n) is 13.3. The standard InChI is InChI=1S/C15H18N4O4/c1-9-7-12(20)18-15(17-9)19-16-8-10-5-6-11(21-2)14(23-4)13(10)22-3/h5-8H,1-4H3,(H2,17,18,19,20). The number of benzene rings is 1. The van der Waals surface area contributed by atoms with Gasteiger partial charge in [0.2, 0.25) is 11.7 Å². The Morgan fingerprint density at radius 1 is 1.17 bits per heavy atom. The number of methoxy groups -OCH3 is 3. The van der Waals surface area contributed by atoms with Gasteiger partial charge in [-0.3, -0.25) is 9.78 Å². The highest BCUT2D eigenvalue weighted by Gasteiger charge is 2.14. The van der Waals surface area contributed by atoms with Crippen LogP contribution in [0.25, 0.3) is 0 Å². The first-order chi connectivity index (χ1) is 11.1. The second-order valence-corrected chi connectivity index (χ2v) is 4.53. The largest absolute Gasteiger partial charge is 0.493 e. The summed E-state index contributed by atoms with van der Waals surface area (Å²) < 4.78 is 15.9. The smallest absolute Gasteiger partial charge is 0.252 e. The van der Waals surface area contributed by atoms with Gasteiger partial charge in [0.15, 0.2) is 11.5 Å². The van der Waals surface area contributed by atoms with E-state index in [1.807, 2.05) is 0 Å². The van der Waals surface area contributed by atoms with Crippen molar-refractivity contribution in [2.24, 2.45) is 5.10 Å². The number of anilines is 1. The summed E-state index contributed by atoms with van der Waals surface area (Å²) in [6, 6.07) is 4.92. The number of nitrogens with one attached hydrogen (secondary N) is 2. The summed E-state index contributed by atoms with van der Waals surface area (Å²) in [6.45, 7) is 1.72.